The predicted molar refractivity (Wildman–Crippen MR) is 82.1 cm³/mol. The quantitative estimate of drug-likeness (QED) is 0.899. The van der Waals surface area contributed by atoms with Crippen LogP contribution in [0.25, 0.3) is 10.9 Å². The van der Waals surface area contributed by atoms with Gasteiger partial charge in [-0.25, -0.2) is 0 Å². The predicted octanol–water partition coefficient (Wildman–Crippen LogP) is 3.94. The van der Waals surface area contributed by atoms with Gasteiger partial charge in [0.1, 0.15) is 0 Å². The lowest BCUT2D eigenvalue weighted by atomic mass is 9.93. The average molecular weight is 272 g/mol. The van der Waals surface area contributed by atoms with E-state index in [9.17, 15) is 5.11 Å². The first kappa shape index (κ1) is 13.6. The SMILES string of the molecule is Cc1cc2nn([C@H]3CCC[C@@H](O)C3)cc2cc1C(C)C. The van der Waals surface area contributed by atoms with E-state index in [2.05, 4.69) is 43.8 Å². The van der Waals surface area contributed by atoms with Crippen molar-refractivity contribution in [3.63, 3.8) is 0 Å². The molecule has 0 bridgehead atoms. The van der Waals surface area contributed by atoms with Gasteiger partial charge < -0.3 is 5.11 Å². The molecule has 1 aliphatic carbocycles. The number of benzene rings is 1. The third-order valence-corrected chi connectivity index (χ3v) is 4.52. The van der Waals surface area contributed by atoms with Crippen molar-refractivity contribution >= 4 is 10.9 Å². The van der Waals surface area contributed by atoms with Gasteiger partial charge in [0, 0.05) is 11.6 Å². The van der Waals surface area contributed by atoms with E-state index in [0.29, 0.717) is 12.0 Å². The summed E-state index contributed by atoms with van der Waals surface area (Å²) >= 11 is 0. The molecule has 0 amide bonds. The number of nitrogens with zero attached hydrogens (tertiary/aromatic N) is 2. The molecule has 20 heavy (non-hydrogen) atoms. The lowest BCUT2D eigenvalue weighted by molar-refractivity contribution is 0.100. The Kier molecular flexibility index (Phi) is 3.55. The van der Waals surface area contributed by atoms with Gasteiger partial charge in [-0.2, -0.15) is 5.10 Å². The molecule has 0 aliphatic heterocycles. The van der Waals surface area contributed by atoms with Gasteiger partial charge in [0.25, 0.3) is 0 Å². The van der Waals surface area contributed by atoms with Gasteiger partial charge in [-0.15, -0.1) is 0 Å². The first-order chi connectivity index (χ1) is 9.54. The summed E-state index contributed by atoms with van der Waals surface area (Å²) in [5, 5.41) is 15.8. The van der Waals surface area contributed by atoms with Crippen LogP contribution in [-0.2, 0) is 0 Å². The molecule has 1 N–H and O–H groups in total. The van der Waals surface area contributed by atoms with Crippen LogP contribution in [0.4, 0.5) is 0 Å². The highest BCUT2D eigenvalue weighted by Crippen LogP contribution is 2.30. The van der Waals surface area contributed by atoms with Crippen molar-refractivity contribution in [2.24, 2.45) is 0 Å². The molecule has 1 aromatic carbocycles. The molecule has 1 heterocycles. The van der Waals surface area contributed by atoms with Crippen LogP contribution in [0.2, 0.25) is 0 Å². The third kappa shape index (κ3) is 2.47. The van der Waals surface area contributed by atoms with Gasteiger partial charge in [-0.05, 0) is 61.8 Å². The van der Waals surface area contributed by atoms with Gasteiger partial charge >= 0.3 is 0 Å². The molecular formula is C17H24N2O. The summed E-state index contributed by atoms with van der Waals surface area (Å²) in [7, 11) is 0. The van der Waals surface area contributed by atoms with Gasteiger partial charge in [0.15, 0.2) is 0 Å². The molecule has 2 aromatic rings. The van der Waals surface area contributed by atoms with Crippen LogP contribution in [-0.4, -0.2) is 21.0 Å². The van der Waals surface area contributed by atoms with Gasteiger partial charge in [-0.1, -0.05) is 13.8 Å². The molecule has 108 valence electrons. The second-order valence-corrected chi connectivity index (χ2v) is 6.51. The monoisotopic (exact) mass is 272 g/mol. The molecule has 1 saturated carbocycles. The van der Waals surface area contributed by atoms with Crippen LogP contribution in [0, 0.1) is 6.92 Å². The molecular weight excluding hydrogens is 248 g/mol. The molecule has 0 radical (unpaired) electrons. The van der Waals surface area contributed by atoms with Crippen LogP contribution in [0.15, 0.2) is 18.3 Å². The van der Waals surface area contributed by atoms with Crippen LogP contribution in [0.5, 0.6) is 0 Å². The Morgan fingerprint density at radius 1 is 1.30 bits per heavy atom. The summed E-state index contributed by atoms with van der Waals surface area (Å²) < 4.78 is 2.08. The van der Waals surface area contributed by atoms with E-state index < -0.39 is 0 Å². The van der Waals surface area contributed by atoms with Gasteiger partial charge in [0.2, 0.25) is 0 Å². The number of aryl methyl sites for hydroxylation is 1. The average Bonchev–Trinajstić information content (AvgIpc) is 2.80. The maximum Gasteiger partial charge on any atom is 0.0926 e. The smallest absolute Gasteiger partial charge is 0.0926 e. The number of aliphatic hydroxyl groups excluding tert-OH is 1. The molecule has 0 saturated heterocycles. The molecule has 2 atom stereocenters. The Morgan fingerprint density at radius 3 is 2.80 bits per heavy atom. The molecule has 1 aromatic heterocycles. The summed E-state index contributed by atoms with van der Waals surface area (Å²) in [6, 6.07) is 4.83. The first-order valence-electron chi connectivity index (χ1n) is 7.72. The highest BCUT2D eigenvalue weighted by molar-refractivity contribution is 5.80. The van der Waals surface area contributed by atoms with E-state index in [1.54, 1.807) is 0 Å². The third-order valence-electron chi connectivity index (χ3n) is 4.52. The van der Waals surface area contributed by atoms with E-state index in [4.69, 9.17) is 5.10 Å². The van der Waals surface area contributed by atoms with Crippen LogP contribution >= 0.6 is 0 Å². The first-order valence-corrected chi connectivity index (χ1v) is 7.72. The van der Waals surface area contributed by atoms with Crippen molar-refractivity contribution in [1.82, 2.24) is 9.78 Å². The minimum absolute atomic E-state index is 0.158. The lowest BCUT2D eigenvalue weighted by Gasteiger charge is -2.25. The molecule has 1 aliphatic rings. The molecule has 3 nitrogen and oxygen atoms in total. The molecule has 0 unspecified atom stereocenters. The summed E-state index contributed by atoms with van der Waals surface area (Å²) in [6.45, 7) is 6.63. The zero-order chi connectivity index (χ0) is 14.3. The highest BCUT2D eigenvalue weighted by Gasteiger charge is 2.22. The fourth-order valence-corrected chi connectivity index (χ4v) is 3.40. The van der Waals surface area contributed by atoms with E-state index in [1.165, 1.54) is 16.5 Å². The zero-order valence-electron chi connectivity index (χ0n) is 12.6. The van der Waals surface area contributed by atoms with Gasteiger partial charge in [-0.3, -0.25) is 4.68 Å². The lowest BCUT2D eigenvalue weighted by Crippen LogP contribution is -2.22. The molecule has 3 heteroatoms. The Morgan fingerprint density at radius 2 is 2.10 bits per heavy atom. The van der Waals surface area contributed by atoms with Crippen molar-refractivity contribution < 1.29 is 5.11 Å². The summed E-state index contributed by atoms with van der Waals surface area (Å²) in [6.07, 6.45) is 6.00. The normalized spacial score (nSPS) is 23.6. The molecule has 0 spiro atoms. The number of fused-ring (bicyclic) bond motifs is 1. The van der Waals surface area contributed by atoms with Crippen LogP contribution < -0.4 is 0 Å². The van der Waals surface area contributed by atoms with Gasteiger partial charge in [0.05, 0.1) is 17.7 Å². The number of rotatable bonds is 2. The topological polar surface area (TPSA) is 38.0 Å². The minimum atomic E-state index is -0.158. The fourth-order valence-electron chi connectivity index (χ4n) is 3.40. The maximum atomic E-state index is 9.84. The Hall–Kier alpha value is -1.35. The van der Waals surface area contributed by atoms with Crippen LogP contribution in [0.1, 0.15) is 62.6 Å². The number of hydrogen-bond donors (Lipinski definition) is 1. The standard InChI is InChI=1S/C17H24N2O/c1-11(2)16-8-13-10-19(18-17(13)7-12(16)3)14-5-4-6-15(20)9-14/h7-8,10-11,14-15,20H,4-6,9H2,1-3H3/t14-,15+/m0/s1. The van der Waals surface area contributed by atoms with Crippen LogP contribution in [0.3, 0.4) is 0 Å². The largest absolute Gasteiger partial charge is 0.393 e. The Labute approximate surface area is 120 Å². The minimum Gasteiger partial charge on any atom is -0.393 e. The van der Waals surface area contributed by atoms with Crippen molar-refractivity contribution in [1.29, 1.82) is 0 Å². The summed E-state index contributed by atoms with van der Waals surface area (Å²) in [5.41, 5.74) is 3.80. The number of hydrogen-bond acceptors (Lipinski definition) is 2. The molecule has 1 fully saturated rings. The second kappa shape index (κ2) is 5.21. The van der Waals surface area contributed by atoms with E-state index >= 15 is 0 Å². The Bertz CT molecular complexity index is 615. The van der Waals surface area contributed by atoms with E-state index in [0.717, 1.165) is 31.2 Å². The highest BCUT2D eigenvalue weighted by atomic mass is 16.3. The molecule has 3 rings (SSSR count). The zero-order valence-corrected chi connectivity index (χ0v) is 12.6. The summed E-state index contributed by atoms with van der Waals surface area (Å²) in [5.74, 6) is 0.541. The van der Waals surface area contributed by atoms with E-state index in [-0.39, 0.29) is 6.10 Å². The van der Waals surface area contributed by atoms with Crippen molar-refractivity contribution in [2.75, 3.05) is 0 Å². The van der Waals surface area contributed by atoms with Crippen molar-refractivity contribution in [3.05, 3.63) is 29.5 Å². The Balaban J connectivity index is 1.98. The summed E-state index contributed by atoms with van der Waals surface area (Å²) in [4.78, 5) is 0. The number of aromatic nitrogens is 2. The maximum absolute atomic E-state index is 9.84. The fraction of sp³-hybridized carbons (Fsp3) is 0.588. The van der Waals surface area contributed by atoms with Crippen molar-refractivity contribution in [2.45, 2.75) is 64.5 Å². The van der Waals surface area contributed by atoms with Crippen molar-refractivity contribution in [3.8, 4) is 0 Å². The van der Waals surface area contributed by atoms with E-state index in [1.807, 2.05) is 0 Å². The number of aliphatic hydroxyl groups is 1. The second-order valence-electron chi connectivity index (χ2n) is 6.51.